The molecule has 0 aliphatic carbocycles. The van der Waals surface area contributed by atoms with Crippen LogP contribution in [0.4, 0.5) is 0 Å². The van der Waals surface area contributed by atoms with Crippen LogP contribution in [0.1, 0.15) is 76.0 Å². The molecular formula is C33H36O3. The van der Waals surface area contributed by atoms with Crippen molar-refractivity contribution in [1.82, 2.24) is 0 Å². The molecule has 0 unspecified atom stereocenters. The summed E-state index contributed by atoms with van der Waals surface area (Å²) in [6.45, 7) is 13.5. The quantitative estimate of drug-likeness (QED) is 0.258. The van der Waals surface area contributed by atoms with E-state index in [0.29, 0.717) is 5.92 Å². The summed E-state index contributed by atoms with van der Waals surface area (Å²) in [7, 11) is 0. The van der Waals surface area contributed by atoms with Gasteiger partial charge in [0.05, 0.1) is 0 Å². The van der Waals surface area contributed by atoms with Crippen LogP contribution in [0.3, 0.4) is 0 Å². The molecule has 4 aromatic rings. The molecule has 0 atom stereocenters. The SMILES string of the molecule is CC(C)c1c(-c2ccc(O)cc2)c(-c2ccc(O)cc2)c(-c2ccc(O)cc2)c(C(C)C)c1C(C)C. The highest BCUT2D eigenvalue weighted by atomic mass is 16.3. The molecule has 0 saturated heterocycles. The van der Waals surface area contributed by atoms with E-state index in [1.807, 2.05) is 36.4 Å². The highest BCUT2D eigenvalue weighted by Crippen LogP contribution is 2.52. The average Bonchev–Trinajstić information content (AvgIpc) is 2.83. The molecule has 0 fully saturated rings. The zero-order valence-electron chi connectivity index (χ0n) is 22.0. The lowest BCUT2D eigenvalue weighted by atomic mass is 9.71. The van der Waals surface area contributed by atoms with Crippen molar-refractivity contribution in [3.8, 4) is 50.6 Å². The fourth-order valence-electron chi connectivity index (χ4n) is 5.40. The zero-order valence-corrected chi connectivity index (χ0v) is 22.0. The van der Waals surface area contributed by atoms with Crippen LogP contribution in [-0.4, -0.2) is 15.3 Å². The lowest BCUT2D eigenvalue weighted by Gasteiger charge is -2.32. The van der Waals surface area contributed by atoms with Crippen molar-refractivity contribution < 1.29 is 15.3 Å². The van der Waals surface area contributed by atoms with Crippen LogP contribution < -0.4 is 0 Å². The van der Waals surface area contributed by atoms with Crippen LogP contribution >= 0.6 is 0 Å². The minimum Gasteiger partial charge on any atom is -0.508 e. The van der Waals surface area contributed by atoms with Gasteiger partial charge in [0, 0.05) is 0 Å². The van der Waals surface area contributed by atoms with Crippen molar-refractivity contribution in [1.29, 1.82) is 0 Å². The van der Waals surface area contributed by atoms with Gasteiger partial charge in [-0.15, -0.1) is 0 Å². The number of phenolic OH excluding ortho intramolecular Hbond substituents is 3. The summed E-state index contributed by atoms with van der Waals surface area (Å²) in [6.07, 6.45) is 0. The molecule has 0 radical (unpaired) electrons. The first-order valence-electron chi connectivity index (χ1n) is 12.7. The first-order valence-corrected chi connectivity index (χ1v) is 12.7. The topological polar surface area (TPSA) is 60.7 Å². The Kier molecular flexibility index (Phi) is 7.12. The van der Waals surface area contributed by atoms with E-state index in [0.717, 1.165) is 33.4 Å². The Bertz CT molecular complexity index is 1270. The van der Waals surface area contributed by atoms with E-state index in [1.54, 1.807) is 36.4 Å². The van der Waals surface area contributed by atoms with Gasteiger partial charge in [-0.2, -0.15) is 0 Å². The van der Waals surface area contributed by atoms with Crippen molar-refractivity contribution in [3.05, 3.63) is 89.5 Å². The molecule has 3 heteroatoms. The summed E-state index contributed by atoms with van der Waals surface area (Å²) in [5.74, 6) is 1.50. The number of aromatic hydroxyl groups is 3. The predicted molar refractivity (Wildman–Crippen MR) is 150 cm³/mol. The Morgan fingerprint density at radius 2 is 0.611 bits per heavy atom. The van der Waals surface area contributed by atoms with Gasteiger partial charge in [-0.1, -0.05) is 77.9 Å². The number of phenols is 3. The van der Waals surface area contributed by atoms with Gasteiger partial charge in [0.2, 0.25) is 0 Å². The average molecular weight is 481 g/mol. The standard InChI is InChI=1S/C33H36O3/c1-19(2)28-29(20(3)4)31(22-7-13-25(34)14-8-22)33(24-11-17-27(36)18-12-24)32(30(28)21(5)6)23-9-15-26(35)16-10-23/h7-21,34-36H,1-6H3. The normalized spacial score (nSPS) is 11.6. The van der Waals surface area contributed by atoms with E-state index in [9.17, 15) is 15.3 Å². The molecule has 4 aromatic carbocycles. The lowest BCUT2D eigenvalue weighted by molar-refractivity contribution is 0.475. The number of rotatable bonds is 6. The fourth-order valence-corrected chi connectivity index (χ4v) is 5.40. The van der Waals surface area contributed by atoms with Crippen molar-refractivity contribution in [2.75, 3.05) is 0 Å². The van der Waals surface area contributed by atoms with Gasteiger partial charge in [-0.3, -0.25) is 0 Å². The molecule has 4 rings (SSSR count). The van der Waals surface area contributed by atoms with Crippen LogP contribution in [0.5, 0.6) is 17.2 Å². The minimum atomic E-state index is 0.225. The number of hydrogen-bond acceptors (Lipinski definition) is 3. The van der Waals surface area contributed by atoms with E-state index in [1.165, 1.54) is 16.7 Å². The monoisotopic (exact) mass is 480 g/mol. The molecule has 36 heavy (non-hydrogen) atoms. The summed E-state index contributed by atoms with van der Waals surface area (Å²) in [5.41, 5.74) is 10.5. The fraction of sp³-hybridized carbons (Fsp3) is 0.273. The highest BCUT2D eigenvalue weighted by Gasteiger charge is 2.29. The van der Waals surface area contributed by atoms with Crippen molar-refractivity contribution in [3.63, 3.8) is 0 Å². The van der Waals surface area contributed by atoms with Gasteiger partial charge in [-0.25, -0.2) is 0 Å². The third kappa shape index (κ3) is 4.70. The molecule has 0 bridgehead atoms. The van der Waals surface area contributed by atoms with E-state index in [2.05, 4.69) is 41.5 Å². The predicted octanol–water partition coefficient (Wildman–Crippen LogP) is 9.17. The molecule has 0 aliphatic rings. The molecule has 0 spiro atoms. The molecule has 186 valence electrons. The highest BCUT2D eigenvalue weighted by molar-refractivity contribution is 5.99. The van der Waals surface area contributed by atoms with Gasteiger partial charge in [0.15, 0.2) is 0 Å². The largest absolute Gasteiger partial charge is 0.508 e. The molecule has 3 N–H and O–H groups in total. The van der Waals surface area contributed by atoms with Gasteiger partial charge in [0.1, 0.15) is 17.2 Å². The van der Waals surface area contributed by atoms with Crippen LogP contribution in [0.25, 0.3) is 33.4 Å². The van der Waals surface area contributed by atoms with E-state index in [-0.39, 0.29) is 29.1 Å². The zero-order chi connectivity index (χ0) is 26.1. The Morgan fingerprint density at radius 1 is 0.361 bits per heavy atom. The summed E-state index contributed by atoms with van der Waals surface area (Å²) in [5, 5.41) is 30.2. The summed E-state index contributed by atoms with van der Waals surface area (Å²) >= 11 is 0. The van der Waals surface area contributed by atoms with Gasteiger partial charge >= 0.3 is 0 Å². The smallest absolute Gasteiger partial charge is 0.115 e. The van der Waals surface area contributed by atoms with Crippen molar-refractivity contribution in [2.24, 2.45) is 0 Å². The maximum absolute atomic E-state index is 10.1. The third-order valence-electron chi connectivity index (χ3n) is 6.82. The van der Waals surface area contributed by atoms with Gasteiger partial charge in [0.25, 0.3) is 0 Å². The van der Waals surface area contributed by atoms with Crippen LogP contribution in [-0.2, 0) is 0 Å². The second kappa shape index (κ2) is 10.1. The summed E-state index contributed by atoms with van der Waals surface area (Å²) in [4.78, 5) is 0. The molecule has 0 heterocycles. The second-order valence-corrected chi connectivity index (χ2v) is 10.5. The summed E-state index contributed by atoms with van der Waals surface area (Å²) < 4.78 is 0. The van der Waals surface area contributed by atoms with Crippen molar-refractivity contribution in [2.45, 2.75) is 59.3 Å². The van der Waals surface area contributed by atoms with Crippen LogP contribution in [0, 0.1) is 0 Å². The molecule has 0 amide bonds. The van der Waals surface area contributed by atoms with Crippen LogP contribution in [0.2, 0.25) is 0 Å². The van der Waals surface area contributed by atoms with Gasteiger partial charge in [-0.05, 0) is 104 Å². The molecule has 0 aromatic heterocycles. The molecule has 0 aliphatic heterocycles. The van der Waals surface area contributed by atoms with E-state index < -0.39 is 0 Å². The Balaban J connectivity index is 2.32. The third-order valence-corrected chi connectivity index (χ3v) is 6.82. The Labute approximate surface area is 214 Å². The first kappa shape index (κ1) is 25.4. The van der Waals surface area contributed by atoms with E-state index in [4.69, 9.17) is 0 Å². The number of hydrogen-bond donors (Lipinski definition) is 3. The molecule has 3 nitrogen and oxygen atoms in total. The van der Waals surface area contributed by atoms with Crippen molar-refractivity contribution >= 4 is 0 Å². The number of benzene rings is 4. The lowest BCUT2D eigenvalue weighted by Crippen LogP contribution is -2.12. The Morgan fingerprint density at radius 3 is 0.861 bits per heavy atom. The maximum Gasteiger partial charge on any atom is 0.115 e. The molecule has 0 saturated carbocycles. The second-order valence-electron chi connectivity index (χ2n) is 10.5. The van der Waals surface area contributed by atoms with Crippen LogP contribution in [0.15, 0.2) is 72.8 Å². The van der Waals surface area contributed by atoms with E-state index >= 15 is 0 Å². The van der Waals surface area contributed by atoms with Gasteiger partial charge < -0.3 is 15.3 Å². The maximum atomic E-state index is 10.1. The summed E-state index contributed by atoms with van der Waals surface area (Å²) in [6, 6.07) is 22.3. The molecular weight excluding hydrogens is 444 g/mol. The minimum absolute atomic E-state index is 0.225. The first-order chi connectivity index (χ1) is 17.1. The Hall–Kier alpha value is -3.72.